The molecule has 2 aromatic carbocycles. The van der Waals surface area contributed by atoms with Gasteiger partial charge in [-0.25, -0.2) is 4.98 Å². The number of hydrogen-bond donors (Lipinski definition) is 1. The Morgan fingerprint density at radius 1 is 0.692 bits per heavy atom. The van der Waals surface area contributed by atoms with Gasteiger partial charge >= 0.3 is 0 Å². The minimum Gasteiger partial charge on any atom is -0.368 e. The summed E-state index contributed by atoms with van der Waals surface area (Å²) in [6.45, 7) is 8.74. The van der Waals surface area contributed by atoms with Crippen LogP contribution in [0.25, 0.3) is 22.3 Å². The Hall–Kier alpha value is -2.61. The van der Waals surface area contributed by atoms with Gasteiger partial charge in [0.15, 0.2) is 0 Å². The third kappa shape index (κ3) is 4.72. The molecular formula is C24H28N2. The maximum atomic E-state index is 4.50. The van der Waals surface area contributed by atoms with E-state index in [1.807, 2.05) is 12.3 Å². The van der Waals surface area contributed by atoms with Crippen LogP contribution in [0.5, 0.6) is 0 Å². The van der Waals surface area contributed by atoms with Gasteiger partial charge in [0.05, 0.1) is 0 Å². The largest absolute Gasteiger partial charge is 0.368 e. The third-order valence-corrected chi connectivity index (χ3v) is 4.35. The molecule has 134 valence electrons. The molecule has 0 spiro atoms. The van der Waals surface area contributed by atoms with Crippen LogP contribution in [-0.4, -0.2) is 11.0 Å². The third-order valence-electron chi connectivity index (χ3n) is 4.35. The average Bonchev–Trinajstić information content (AvgIpc) is 2.62. The maximum Gasteiger partial charge on any atom is 0.126 e. The van der Waals surface area contributed by atoms with E-state index in [1.54, 1.807) is 0 Å². The number of pyridine rings is 1. The summed E-state index contributed by atoms with van der Waals surface area (Å²) in [6, 6.07) is 22.2. The molecule has 1 aromatic heterocycles. The molecule has 1 N–H and O–H groups in total. The predicted molar refractivity (Wildman–Crippen MR) is 112 cm³/mol. The molecule has 0 radical (unpaired) electrons. The van der Waals surface area contributed by atoms with Crippen molar-refractivity contribution in [2.24, 2.45) is 5.92 Å². The number of nitrogens with one attached hydrogen (secondary N) is 1. The zero-order valence-corrected chi connectivity index (χ0v) is 16.2. The van der Waals surface area contributed by atoms with E-state index in [9.17, 15) is 0 Å². The first kappa shape index (κ1) is 18.2. The monoisotopic (exact) mass is 344 g/mol. The van der Waals surface area contributed by atoms with Gasteiger partial charge in [-0.3, -0.25) is 0 Å². The van der Waals surface area contributed by atoms with Crippen LogP contribution in [0.15, 0.2) is 66.9 Å². The van der Waals surface area contributed by atoms with Crippen molar-refractivity contribution < 1.29 is 0 Å². The number of nitrogens with zero attached hydrogens (tertiary/aromatic N) is 1. The van der Waals surface area contributed by atoms with Crippen LogP contribution in [0.3, 0.4) is 0 Å². The van der Waals surface area contributed by atoms with Crippen molar-refractivity contribution in [2.45, 2.75) is 40.2 Å². The fourth-order valence-electron chi connectivity index (χ4n) is 3.11. The first-order chi connectivity index (χ1) is 12.5. The minimum absolute atomic E-state index is 0.388. The molecule has 0 atom stereocenters. The molecule has 2 heteroatoms. The lowest BCUT2D eigenvalue weighted by molar-refractivity contribution is 0.647. The Labute approximate surface area is 157 Å². The van der Waals surface area contributed by atoms with Crippen molar-refractivity contribution in [2.75, 3.05) is 5.32 Å². The quantitative estimate of drug-likeness (QED) is 0.557. The molecule has 26 heavy (non-hydrogen) atoms. The van der Waals surface area contributed by atoms with Gasteiger partial charge in [-0.1, -0.05) is 62.4 Å². The summed E-state index contributed by atoms with van der Waals surface area (Å²) in [4.78, 5) is 4.50. The Kier molecular flexibility index (Phi) is 5.72. The molecule has 0 fully saturated rings. The zero-order valence-electron chi connectivity index (χ0n) is 16.2. The topological polar surface area (TPSA) is 24.9 Å². The summed E-state index contributed by atoms with van der Waals surface area (Å²) < 4.78 is 0. The van der Waals surface area contributed by atoms with Crippen molar-refractivity contribution >= 4 is 5.82 Å². The molecule has 0 bridgehead atoms. The summed E-state index contributed by atoms with van der Waals surface area (Å²) in [5.74, 6) is 1.61. The molecule has 2 nitrogen and oxygen atoms in total. The second-order valence-electron chi connectivity index (χ2n) is 7.60. The molecule has 0 saturated carbocycles. The summed E-state index contributed by atoms with van der Waals surface area (Å²) in [5.41, 5.74) is 6.24. The normalized spacial score (nSPS) is 11.2. The van der Waals surface area contributed by atoms with Gasteiger partial charge in [-0.2, -0.15) is 0 Å². The Morgan fingerprint density at radius 2 is 1.19 bits per heavy atom. The lowest BCUT2D eigenvalue weighted by Gasteiger charge is -2.10. The van der Waals surface area contributed by atoms with E-state index in [-0.39, 0.29) is 0 Å². The van der Waals surface area contributed by atoms with Gasteiger partial charge in [-0.15, -0.1) is 0 Å². The number of aromatic nitrogens is 1. The number of hydrogen-bond acceptors (Lipinski definition) is 2. The van der Waals surface area contributed by atoms with E-state index < -0.39 is 0 Å². The fourth-order valence-corrected chi connectivity index (χ4v) is 3.11. The minimum atomic E-state index is 0.388. The molecule has 3 aromatic rings. The molecule has 3 rings (SSSR count). The molecule has 0 saturated heterocycles. The fraction of sp³-hybridized carbons (Fsp3) is 0.292. The van der Waals surface area contributed by atoms with Gasteiger partial charge in [0.25, 0.3) is 0 Å². The van der Waals surface area contributed by atoms with Crippen LogP contribution in [0.1, 0.15) is 33.3 Å². The molecule has 0 amide bonds. The van der Waals surface area contributed by atoms with Crippen molar-refractivity contribution in [1.29, 1.82) is 0 Å². The summed E-state index contributed by atoms with van der Waals surface area (Å²) in [5, 5.41) is 3.32. The van der Waals surface area contributed by atoms with Gasteiger partial charge in [0.1, 0.15) is 5.82 Å². The van der Waals surface area contributed by atoms with Gasteiger partial charge in [0, 0.05) is 17.8 Å². The lowest BCUT2D eigenvalue weighted by atomic mass is 9.98. The average molecular weight is 345 g/mol. The Balaban J connectivity index is 1.73. The van der Waals surface area contributed by atoms with E-state index in [0.717, 1.165) is 17.8 Å². The van der Waals surface area contributed by atoms with Crippen LogP contribution in [0, 0.1) is 5.92 Å². The Bertz CT molecular complexity index is 741. The second-order valence-corrected chi connectivity index (χ2v) is 7.60. The van der Waals surface area contributed by atoms with Crippen LogP contribution in [0.4, 0.5) is 5.82 Å². The van der Waals surface area contributed by atoms with Crippen molar-refractivity contribution in [3.63, 3.8) is 0 Å². The Morgan fingerprint density at radius 3 is 1.65 bits per heavy atom. The van der Waals surface area contributed by atoms with Gasteiger partial charge < -0.3 is 5.32 Å². The van der Waals surface area contributed by atoms with E-state index in [2.05, 4.69) is 92.6 Å². The first-order valence-corrected chi connectivity index (χ1v) is 9.43. The first-order valence-electron chi connectivity index (χ1n) is 9.43. The van der Waals surface area contributed by atoms with E-state index in [0.29, 0.717) is 12.0 Å². The zero-order chi connectivity index (χ0) is 18.5. The maximum absolute atomic E-state index is 4.50. The highest BCUT2D eigenvalue weighted by atomic mass is 15.0. The van der Waals surface area contributed by atoms with Crippen molar-refractivity contribution in [1.82, 2.24) is 4.98 Å². The van der Waals surface area contributed by atoms with Crippen LogP contribution in [0.2, 0.25) is 0 Å². The molecular weight excluding hydrogens is 316 g/mol. The number of rotatable bonds is 6. The highest BCUT2D eigenvalue weighted by molar-refractivity contribution is 5.70. The predicted octanol–water partition coefficient (Wildman–Crippen LogP) is 6.43. The number of anilines is 1. The van der Waals surface area contributed by atoms with Crippen LogP contribution in [-0.2, 0) is 6.42 Å². The highest BCUT2D eigenvalue weighted by Crippen LogP contribution is 2.25. The van der Waals surface area contributed by atoms with Crippen LogP contribution < -0.4 is 5.32 Å². The molecule has 0 aliphatic rings. The van der Waals surface area contributed by atoms with E-state index >= 15 is 0 Å². The lowest BCUT2D eigenvalue weighted by Crippen LogP contribution is -2.10. The molecule has 0 aliphatic carbocycles. The smallest absolute Gasteiger partial charge is 0.126 e. The molecule has 0 unspecified atom stereocenters. The van der Waals surface area contributed by atoms with Gasteiger partial charge in [0.2, 0.25) is 0 Å². The second kappa shape index (κ2) is 8.18. The number of benzene rings is 2. The van der Waals surface area contributed by atoms with Crippen LogP contribution >= 0.6 is 0 Å². The SMILES string of the molecule is CC(C)Cc1ccc(-c2ccc(-c3ccc(NC(C)C)nc3)cc2)cc1. The van der Waals surface area contributed by atoms with Crippen molar-refractivity contribution in [3.05, 3.63) is 72.4 Å². The molecule has 0 aliphatic heterocycles. The van der Waals surface area contributed by atoms with Gasteiger partial charge in [-0.05, 0) is 60.6 Å². The van der Waals surface area contributed by atoms with Crippen molar-refractivity contribution in [3.8, 4) is 22.3 Å². The van der Waals surface area contributed by atoms with E-state index in [4.69, 9.17) is 0 Å². The summed E-state index contributed by atoms with van der Waals surface area (Å²) in [6.07, 6.45) is 3.06. The molecule has 1 heterocycles. The highest BCUT2D eigenvalue weighted by Gasteiger charge is 2.03. The summed E-state index contributed by atoms with van der Waals surface area (Å²) in [7, 11) is 0. The standard InChI is InChI=1S/C24H28N2/c1-17(2)15-19-5-7-20(8-6-19)21-9-11-22(12-10-21)23-13-14-24(25-16-23)26-18(3)4/h5-14,16-18H,15H2,1-4H3,(H,25,26). The summed E-state index contributed by atoms with van der Waals surface area (Å²) >= 11 is 0. The van der Waals surface area contributed by atoms with E-state index in [1.165, 1.54) is 22.3 Å².